The Labute approximate surface area is 133 Å². The summed E-state index contributed by atoms with van der Waals surface area (Å²) >= 11 is 1.50. The van der Waals surface area contributed by atoms with Crippen LogP contribution in [0, 0.1) is 0 Å². The molecule has 114 valence electrons. The average molecular weight is 313 g/mol. The molecule has 0 fully saturated rings. The standard InChI is InChI=1S/C17H19N3OS/c1-2-3-9-18-11-14-10-16(21)20-15(12-22-17(20)19-14)13-7-5-4-6-8-13/h4-8,10,12,18H,2-3,9,11H2,1H3. The number of rotatable bonds is 6. The minimum absolute atomic E-state index is 0.0163. The van der Waals surface area contributed by atoms with Gasteiger partial charge in [0.05, 0.1) is 11.4 Å². The fraction of sp³-hybridized carbons (Fsp3) is 0.294. The number of hydrogen-bond acceptors (Lipinski definition) is 4. The van der Waals surface area contributed by atoms with Gasteiger partial charge < -0.3 is 5.32 Å². The first-order valence-corrected chi connectivity index (χ1v) is 8.44. The van der Waals surface area contributed by atoms with E-state index in [1.54, 1.807) is 10.5 Å². The van der Waals surface area contributed by atoms with Crippen LogP contribution in [-0.4, -0.2) is 15.9 Å². The molecule has 0 saturated carbocycles. The van der Waals surface area contributed by atoms with Crippen LogP contribution in [0.4, 0.5) is 0 Å². The topological polar surface area (TPSA) is 46.4 Å². The molecule has 0 unspecified atom stereocenters. The molecule has 0 saturated heterocycles. The summed E-state index contributed by atoms with van der Waals surface area (Å²) in [5.74, 6) is 0. The third-order valence-corrected chi connectivity index (χ3v) is 4.37. The zero-order chi connectivity index (χ0) is 15.4. The quantitative estimate of drug-likeness (QED) is 0.710. The van der Waals surface area contributed by atoms with Gasteiger partial charge in [0.1, 0.15) is 0 Å². The summed E-state index contributed by atoms with van der Waals surface area (Å²) in [5, 5.41) is 5.32. The van der Waals surface area contributed by atoms with Crippen molar-refractivity contribution >= 4 is 16.3 Å². The van der Waals surface area contributed by atoms with Crippen molar-refractivity contribution in [1.29, 1.82) is 0 Å². The molecule has 0 aliphatic heterocycles. The Hall–Kier alpha value is -1.98. The molecule has 2 heterocycles. The molecular formula is C17H19N3OS. The molecule has 4 nitrogen and oxygen atoms in total. The first-order chi connectivity index (χ1) is 10.8. The average Bonchev–Trinajstić information content (AvgIpc) is 2.97. The third kappa shape index (κ3) is 3.10. The van der Waals surface area contributed by atoms with Gasteiger partial charge in [0, 0.05) is 18.0 Å². The molecule has 22 heavy (non-hydrogen) atoms. The Morgan fingerprint density at radius 3 is 2.86 bits per heavy atom. The summed E-state index contributed by atoms with van der Waals surface area (Å²) in [6, 6.07) is 11.6. The fourth-order valence-electron chi connectivity index (χ4n) is 2.38. The maximum atomic E-state index is 12.4. The zero-order valence-electron chi connectivity index (χ0n) is 12.6. The number of aromatic nitrogens is 2. The highest BCUT2D eigenvalue weighted by molar-refractivity contribution is 7.15. The Kier molecular flexibility index (Phi) is 4.65. The minimum Gasteiger partial charge on any atom is -0.311 e. The summed E-state index contributed by atoms with van der Waals surface area (Å²) in [5.41, 5.74) is 2.73. The van der Waals surface area contributed by atoms with E-state index in [9.17, 15) is 4.79 Å². The lowest BCUT2D eigenvalue weighted by molar-refractivity contribution is 0.633. The van der Waals surface area contributed by atoms with Crippen molar-refractivity contribution in [2.75, 3.05) is 6.54 Å². The molecule has 1 aromatic carbocycles. The van der Waals surface area contributed by atoms with Gasteiger partial charge in [0.25, 0.3) is 5.56 Å². The van der Waals surface area contributed by atoms with Crippen LogP contribution in [0.3, 0.4) is 0 Å². The van der Waals surface area contributed by atoms with Gasteiger partial charge in [-0.1, -0.05) is 43.7 Å². The van der Waals surface area contributed by atoms with Gasteiger partial charge in [-0.25, -0.2) is 4.98 Å². The first-order valence-electron chi connectivity index (χ1n) is 7.56. The Bertz CT molecular complexity index is 808. The Morgan fingerprint density at radius 2 is 2.09 bits per heavy atom. The summed E-state index contributed by atoms with van der Waals surface area (Å²) < 4.78 is 1.69. The number of fused-ring (bicyclic) bond motifs is 1. The summed E-state index contributed by atoms with van der Waals surface area (Å²) in [7, 11) is 0. The third-order valence-electron chi connectivity index (χ3n) is 3.54. The highest BCUT2D eigenvalue weighted by atomic mass is 32.1. The number of benzene rings is 1. The van der Waals surface area contributed by atoms with E-state index < -0.39 is 0 Å². The van der Waals surface area contributed by atoms with Crippen LogP contribution < -0.4 is 10.9 Å². The second kappa shape index (κ2) is 6.85. The lowest BCUT2D eigenvalue weighted by Gasteiger charge is -2.05. The molecule has 0 bridgehead atoms. The number of thiazole rings is 1. The molecular weight excluding hydrogens is 294 g/mol. The van der Waals surface area contributed by atoms with Gasteiger partial charge in [0.15, 0.2) is 4.96 Å². The van der Waals surface area contributed by atoms with E-state index in [0.717, 1.165) is 41.3 Å². The van der Waals surface area contributed by atoms with Crippen LogP contribution in [0.15, 0.2) is 46.6 Å². The Morgan fingerprint density at radius 1 is 1.27 bits per heavy atom. The molecule has 3 rings (SSSR count). The van der Waals surface area contributed by atoms with Crippen molar-refractivity contribution in [3.05, 3.63) is 57.8 Å². The summed E-state index contributed by atoms with van der Waals surface area (Å²) in [4.78, 5) is 17.8. The predicted molar refractivity (Wildman–Crippen MR) is 91.4 cm³/mol. The molecule has 0 radical (unpaired) electrons. The zero-order valence-corrected chi connectivity index (χ0v) is 13.4. The number of unbranched alkanes of at least 4 members (excludes halogenated alkanes) is 1. The van der Waals surface area contributed by atoms with Crippen LogP contribution in [0.25, 0.3) is 16.2 Å². The normalized spacial score (nSPS) is 11.1. The van der Waals surface area contributed by atoms with Crippen molar-refractivity contribution in [2.45, 2.75) is 26.3 Å². The molecule has 1 N–H and O–H groups in total. The molecule has 2 aromatic heterocycles. The van der Waals surface area contributed by atoms with E-state index >= 15 is 0 Å². The van der Waals surface area contributed by atoms with E-state index in [2.05, 4.69) is 17.2 Å². The van der Waals surface area contributed by atoms with Crippen molar-refractivity contribution in [1.82, 2.24) is 14.7 Å². The highest BCUT2D eigenvalue weighted by Gasteiger charge is 2.10. The second-order valence-electron chi connectivity index (χ2n) is 5.22. The molecule has 5 heteroatoms. The predicted octanol–water partition coefficient (Wildman–Crippen LogP) is 3.31. The Balaban J connectivity index is 1.92. The summed E-state index contributed by atoms with van der Waals surface area (Å²) in [6.07, 6.45) is 2.30. The van der Waals surface area contributed by atoms with Gasteiger partial charge in [-0.05, 0) is 18.5 Å². The highest BCUT2D eigenvalue weighted by Crippen LogP contribution is 2.23. The monoisotopic (exact) mass is 313 g/mol. The van der Waals surface area contributed by atoms with Crippen LogP contribution in [0.5, 0.6) is 0 Å². The van der Waals surface area contributed by atoms with Gasteiger partial charge >= 0.3 is 0 Å². The van der Waals surface area contributed by atoms with Gasteiger partial charge in [-0.3, -0.25) is 9.20 Å². The number of hydrogen-bond donors (Lipinski definition) is 1. The molecule has 0 atom stereocenters. The SMILES string of the molecule is CCCCNCc1cc(=O)n2c(-c3ccccc3)csc2n1. The van der Waals surface area contributed by atoms with Crippen LogP contribution >= 0.6 is 11.3 Å². The maximum Gasteiger partial charge on any atom is 0.259 e. The van der Waals surface area contributed by atoms with E-state index in [1.165, 1.54) is 11.3 Å². The fourth-order valence-corrected chi connectivity index (χ4v) is 3.31. The van der Waals surface area contributed by atoms with Crippen LogP contribution in [0.1, 0.15) is 25.5 Å². The molecule has 0 spiro atoms. The first kappa shape index (κ1) is 14.9. The van der Waals surface area contributed by atoms with Crippen LogP contribution in [0.2, 0.25) is 0 Å². The lowest BCUT2D eigenvalue weighted by Crippen LogP contribution is -2.20. The van der Waals surface area contributed by atoms with E-state index in [0.29, 0.717) is 6.54 Å². The smallest absolute Gasteiger partial charge is 0.259 e. The second-order valence-corrected chi connectivity index (χ2v) is 6.06. The van der Waals surface area contributed by atoms with Gasteiger partial charge in [0.2, 0.25) is 0 Å². The summed E-state index contributed by atoms with van der Waals surface area (Å²) in [6.45, 7) is 3.76. The molecule has 0 aliphatic carbocycles. The van der Waals surface area contributed by atoms with Crippen molar-refractivity contribution in [3.8, 4) is 11.3 Å². The maximum absolute atomic E-state index is 12.4. The molecule has 0 aliphatic rings. The van der Waals surface area contributed by atoms with E-state index in [1.807, 2.05) is 35.7 Å². The van der Waals surface area contributed by atoms with E-state index in [4.69, 9.17) is 0 Å². The minimum atomic E-state index is -0.0163. The van der Waals surface area contributed by atoms with Crippen molar-refractivity contribution in [2.24, 2.45) is 0 Å². The number of nitrogens with one attached hydrogen (secondary N) is 1. The van der Waals surface area contributed by atoms with Gasteiger partial charge in [-0.15, -0.1) is 11.3 Å². The van der Waals surface area contributed by atoms with Gasteiger partial charge in [-0.2, -0.15) is 0 Å². The largest absolute Gasteiger partial charge is 0.311 e. The van der Waals surface area contributed by atoms with Crippen LogP contribution in [-0.2, 0) is 6.54 Å². The lowest BCUT2D eigenvalue weighted by atomic mass is 10.2. The van der Waals surface area contributed by atoms with Crippen molar-refractivity contribution in [3.63, 3.8) is 0 Å². The molecule has 0 amide bonds. The molecule has 3 aromatic rings. The van der Waals surface area contributed by atoms with E-state index in [-0.39, 0.29) is 5.56 Å². The van der Waals surface area contributed by atoms with Crippen molar-refractivity contribution < 1.29 is 0 Å². The number of nitrogens with zero attached hydrogens (tertiary/aromatic N) is 2.